The fourth-order valence-electron chi connectivity index (χ4n) is 3.29. The first-order chi connectivity index (χ1) is 13.0. The van der Waals surface area contributed by atoms with Crippen LogP contribution >= 0.6 is 15.9 Å². The Morgan fingerprint density at radius 3 is 2.59 bits per heavy atom. The van der Waals surface area contributed by atoms with Crippen LogP contribution in [-0.4, -0.2) is 13.1 Å². The van der Waals surface area contributed by atoms with Gasteiger partial charge in [-0.3, -0.25) is 0 Å². The lowest BCUT2D eigenvalue weighted by Gasteiger charge is -2.28. The number of benzene rings is 2. The van der Waals surface area contributed by atoms with Crippen molar-refractivity contribution in [3.8, 4) is 5.75 Å². The van der Waals surface area contributed by atoms with Gasteiger partial charge in [-0.25, -0.2) is 9.59 Å². The molecular weight excluding hydrogens is 414 g/mol. The molecule has 2 aromatic carbocycles. The maximum absolute atomic E-state index is 12.9. The number of carbonyl (C=O) groups is 1. The Bertz CT molecular complexity index is 1160. The number of halogens is 1. The molecule has 0 saturated heterocycles. The quantitative estimate of drug-likeness (QED) is 0.497. The van der Waals surface area contributed by atoms with Crippen molar-refractivity contribution in [3.05, 3.63) is 86.0 Å². The third-order valence-electron chi connectivity index (χ3n) is 4.48. The molecule has 1 atom stereocenters. The molecule has 4 rings (SSSR count). The van der Waals surface area contributed by atoms with Crippen LogP contribution in [0.5, 0.6) is 5.75 Å². The first kappa shape index (κ1) is 17.4. The normalized spacial score (nSPS) is 16.0. The summed E-state index contributed by atoms with van der Waals surface area (Å²) in [6, 6.07) is 14.3. The van der Waals surface area contributed by atoms with Crippen LogP contribution in [0, 0.1) is 0 Å². The smallest absolute Gasteiger partial charge is 0.344 e. The number of nitrogens with two attached hydrogens (primary N) is 1. The summed E-state index contributed by atoms with van der Waals surface area (Å²) in [7, 11) is 1.25. The molecule has 2 N–H and O–H groups in total. The second-order valence-corrected chi connectivity index (χ2v) is 6.81. The van der Waals surface area contributed by atoms with Crippen LogP contribution in [-0.2, 0) is 9.53 Å². The molecule has 0 amide bonds. The highest BCUT2D eigenvalue weighted by Crippen LogP contribution is 2.45. The summed E-state index contributed by atoms with van der Waals surface area (Å²) in [6.07, 6.45) is 0. The minimum atomic E-state index is -0.794. The van der Waals surface area contributed by atoms with Crippen LogP contribution in [0.1, 0.15) is 17.0 Å². The van der Waals surface area contributed by atoms with E-state index in [1.165, 1.54) is 7.11 Å². The van der Waals surface area contributed by atoms with Gasteiger partial charge >= 0.3 is 11.6 Å². The molecule has 136 valence electrons. The highest BCUT2D eigenvalue weighted by atomic mass is 79.9. The molecule has 7 heteroatoms. The molecule has 0 aliphatic carbocycles. The molecule has 0 bridgehead atoms. The maximum atomic E-state index is 12.9. The highest BCUT2D eigenvalue weighted by Gasteiger charge is 2.39. The van der Waals surface area contributed by atoms with Crippen LogP contribution in [0.4, 0.5) is 0 Å². The summed E-state index contributed by atoms with van der Waals surface area (Å²) < 4.78 is 16.8. The molecule has 0 saturated carbocycles. The molecule has 1 aliphatic rings. The number of para-hydroxylation sites is 1. The molecule has 0 radical (unpaired) electrons. The Morgan fingerprint density at radius 1 is 1.15 bits per heavy atom. The molecule has 6 nitrogen and oxygen atoms in total. The second kappa shape index (κ2) is 6.59. The topological polar surface area (TPSA) is 91.8 Å². The van der Waals surface area contributed by atoms with E-state index in [-0.39, 0.29) is 22.8 Å². The third kappa shape index (κ3) is 2.71. The van der Waals surface area contributed by atoms with Crippen LogP contribution in [0.15, 0.2) is 73.7 Å². The van der Waals surface area contributed by atoms with E-state index in [2.05, 4.69) is 15.9 Å². The maximum Gasteiger partial charge on any atom is 0.344 e. The summed E-state index contributed by atoms with van der Waals surface area (Å²) in [5.41, 5.74) is 6.81. The van der Waals surface area contributed by atoms with E-state index in [1.54, 1.807) is 30.3 Å². The Labute approximate surface area is 162 Å². The number of ether oxygens (including phenoxy) is 2. The first-order valence-electron chi connectivity index (χ1n) is 8.09. The minimum Gasteiger partial charge on any atom is -0.465 e. The molecule has 2 heterocycles. The van der Waals surface area contributed by atoms with Crippen LogP contribution in [0.25, 0.3) is 11.0 Å². The van der Waals surface area contributed by atoms with E-state index in [1.807, 2.05) is 18.2 Å². The van der Waals surface area contributed by atoms with Crippen molar-refractivity contribution in [3.63, 3.8) is 0 Å². The molecule has 0 spiro atoms. The summed E-state index contributed by atoms with van der Waals surface area (Å²) in [4.78, 5) is 25.3. The Balaban J connectivity index is 2.11. The number of hydrogen-bond acceptors (Lipinski definition) is 6. The average Bonchev–Trinajstić information content (AvgIpc) is 2.67. The van der Waals surface area contributed by atoms with Crippen molar-refractivity contribution in [1.82, 2.24) is 0 Å². The van der Waals surface area contributed by atoms with Gasteiger partial charge in [-0.15, -0.1) is 0 Å². The molecule has 0 unspecified atom stereocenters. The monoisotopic (exact) mass is 427 g/mol. The first-order valence-corrected chi connectivity index (χ1v) is 8.88. The van der Waals surface area contributed by atoms with Crippen molar-refractivity contribution >= 4 is 32.9 Å². The zero-order chi connectivity index (χ0) is 19.1. The van der Waals surface area contributed by atoms with E-state index in [0.29, 0.717) is 21.0 Å². The lowest BCUT2D eigenvalue weighted by atomic mass is 9.83. The lowest BCUT2D eigenvalue weighted by Crippen LogP contribution is -2.30. The predicted molar refractivity (Wildman–Crippen MR) is 102 cm³/mol. The lowest BCUT2D eigenvalue weighted by molar-refractivity contribution is -0.136. The van der Waals surface area contributed by atoms with Gasteiger partial charge in [0.05, 0.1) is 24.0 Å². The second-order valence-electron chi connectivity index (χ2n) is 5.95. The predicted octanol–water partition coefficient (Wildman–Crippen LogP) is 3.42. The molecular formula is C20H14BrNO5. The van der Waals surface area contributed by atoms with Crippen molar-refractivity contribution in [2.24, 2.45) is 5.73 Å². The van der Waals surface area contributed by atoms with Gasteiger partial charge in [-0.2, -0.15) is 0 Å². The van der Waals surface area contributed by atoms with Gasteiger partial charge in [-0.1, -0.05) is 46.3 Å². The average molecular weight is 428 g/mol. The van der Waals surface area contributed by atoms with Crippen LogP contribution in [0.3, 0.4) is 0 Å². The zero-order valence-corrected chi connectivity index (χ0v) is 15.8. The van der Waals surface area contributed by atoms with Crippen molar-refractivity contribution < 1.29 is 18.7 Å². The fourth-order valence-corrected chi connectivity index (χ4v) is 3.81. The molecule has 27 heavy (non-hydrogen) atoms. The number of esters is 1. The largest absolute Gasteiger partial charge is 0.465 e. The zero-order valence-electron chi connectivity index (χ0n) is 14.2. The van der Waals surface area contributed by atoms with E-state index >= 15 is 0 Å². The molecule has 0 fully saturated rings. The van der Waals surface area contributed by atoms with Crippen molar-refractivity contribution in [1.29, 1.82) is 0 Å². The van der Waals surface area contributed by atoms with E-state index in [4.69, 9.17) is 19.6 Å². The van der Waals surface area contributed by atoms with Gasteiger partial charge < -0.3 is 19.6 Å². The van der Waals surface area contributed by atoms with Crippen molar-refractivity contribution in [2.75, 3.05) is 7.11 Å². The van der Waals surface area contributed by atoms with Crippen LogP contribution in [0.2, 0.25) is 0 Å². The number of carbonyl (C=O) groups excluding carboxylic acids is 1. The summed E-state index contributed by atoms with van der Waals surface area (Å²) >= 11 is 3.49. The minimum absolute atomic E-state index is 0.0551. The molecule has 1 aromatic heterocycles. The van der Waals surface area contributed by atoms with Gasteiger partial charge in [0.15, 0.2) is 5.75 Å². The molecule has 1 aliphatic heterocycles. The van der Waals surface area contributed by atoms with E-state index in [9.17, 15) is 9.59 Å². The highest BCUT2D eigenvalue weighted by molar-refractivity contribution is 9.10. The third-order valence-corrected chi connectivity index (χ3v) is 5.20. The fraction of sp³-hybridized carbons (Fsp3) is 0.100. The summed E-state index contributed by atoms with van der Waals surface area (Å²) in [6.45, 7) is 0. The van der Waals surface area contributed by atoms with E-state index < -0.39 is 17.5 Å². The van der Waals surface area contributed by atoms with Gasteiger partial charge in [-0.05, 0) is 23.8 Å². The van der Waals surface area contributed by atoms with Gasteiger partial charge in [0, 0.05) is 4.47 Å². The van der Waals surface area contributed by atoms with Gasteiger partial charge in [0.1, 0.15) is 11.2 Å². The van der Waals surface area contributed by atoms with Crippen molar-refractivity contribution in [2.45, 2.75) is 5.92 Å². The Kier molecular flexibility index (Phi) is 4.24. The van der Waals surface area contributed by atoms with E-state index in [0.717, 1.165) is 0 Å². The number of hydrogen-bond donors (Lipinski definition) is 1. The Hall–Kier alpha value is -3.06. The SMILES string of the molecule is COC(=O)C1=C(N)Oc2c(c(=O)oc3ccccc23)[C@@H]1c1ccccc1Br. The molecule has 3 aromatic rings. The van der Waals surface area contributed by atoms with Crippen LogP contribution < -0.4 is 16.1 Å². The number of methoxy groups -OCH3 is 1. The number of rotatable bonds is 2. The summed E-state index contributed by atoms with van der Waals surface area (Å²) in [5, 5.41) is 0.594. The van der Waals surface area contributed by atoms with Gasteiger partial charge in [0.2, 0.25) is 5.88 Å². The summed E-state index contributed by atoms with van der Waals surface area (Å²) in [5.74, 6) is -1.29. The van der Waals surface area contributed by atoms with Gasteiger partial charge in [0.25, 0.3) is 0 Å². The Morgan fingerprint density at radius 2 is 1.85 bits per heavy atom. The standard InChI is InChI=1S/C20H14BrNO5/c1-25-19(23)16-14(10-6-2-4-8-12(10)21)15-17(27-18(16)22)11-7-3-5-9-13(11)26-20(15)24/h2-9,14H,22H2,1H3/t14-/m0/s1. The number of fused-ring (bicyclic) bond motifs is 3.